The molecule has 0 spiro atoms. The van der Waals surface area contributed by atoms with E-state index in [1.165, 1.54) is 17.4 Å². The molecular formula is C15H13BrFNOS. The third-order valence-corrected chi connectivity index (χ3v) is 5.23. The summed E-state index contributed by atoms with van der Waals surface area (Å²) >= 11 is 4.51. The van der Waals surface area contributed by atoms with E-state index < -0.39 is 0 Å². The van der Waals surface area contributed by atoms with Gasteiger partial charge in [-0.15, -0.1) is 11.3 Å². The number of ketones is 1. The quantitative estimate of drug-likeness (QED) is 0.732. The van der Waals surface area contributed by atoms with Crippen molar-refractivity contribution in [3.05, 3.63) is 39.1 Å². The summed E-state index contributed by atoms with van der Waals surface area (Å²) < 4.78 is 14.0. The standard InChI is InChI=1S/C15H13BrFNOS/c1-15(2)6-11-13(12(19)7-15)20-14(18-11)8-3-4-9(16)10(17)5-8/h3-5H,6-7H2,1-2H3. The number of nitrogens with zero attached hydrogens (tertiary/aromatic N) is 1. The van der Waals surface area contributed by atoms with Crippen molar-refractivity contribution in [2.24, 2.45) is 5.41 Å². The second-order valence-corrected chi connectivity index (χ2v) is 7.72. The van der Waals surface area contributed by atoms with Crippen LogP contribution in [-0.4, -0.2) is 10.8 Å². The predicted octanol–water partition coefficient (Wildman–Crippen LogP) is 4.87. The van der Waals surface area contributed by atoms with Crippen molar-refractivity contribution in [3.63, 3.8) is 0 Å². The maximum absolute atomic E-state index is 13.6. The first-order valence-electron chi connectivity index (χ1n) is 6.34. The highest BCUT2D eigenvalue weighted by molar-refractivity contribution is 9.10. The van der Waals surface area contributed by atoms with Gasteiger partial charge in [-0.3, -0.25) is 4.79 Å². The normalized spacial score (nSPS) is 17.1. The summed E-state index contributed by atoms with van der Waals surface area (Å²) in [7, 11) is 0. The Hall–Kier alpha value is -1.07. The average molecular weight is 354 g/mol. The molecule has 1 aromatic carbocycles. The van der Waals surface area contributed by atoms with Crippen LogP contribution in [0.2, 0.25) is 0 Å². The van der Waals surface area contributed by atoms with E-state index in [2.05, 4.69) is 34.8 Å². The molecule has 0 saturated heterocycles. The Morgan fingerprint density at radius 2 is 2.10 bits per heavy atom. The summed E-state index contributed by atoms with van der Waals surface area (Å²) in [4.78, 5) is 17.4. The van der Waals surface area contributed by atoms with Crippen molar-refractivity contribution >= 4 is 33.0 Å². The molecule has 20 heavy (non-hydrogen) atoms. The number of Topliss-reactive ketones (excluding diaryl/α,β-unsaturated/α-hetero) is 1. The van der Waals surface area contributed by atoms with Gasteiger partial charge in [-0.1, -0.05) is 19.9 Å². The van der Waals surface area contributed by atoms with E-state index in [9.17, 15) is 9.18 Å². The number of rotatable bonds is 1. The van der Waals surface area contributed by atoms with E-state index >= 15 is 0 Å². The predicted molar refractivity (Wildman–Crippen MR) is 81.6 cm³/mol. The Labute approximate surface area is 129 Å². The summed E-state index contributed by atoms with van der Waals surface area (Å²) in [5.41, 5.74) is 1.53. The molecule has 1 heterocycles. The lowest BCUT2D eigenvalue weighted by Gasteiger charge is -2.26. The van der Waals surface area contributed by atoms with Crippen molar-refractivity contribution in [3.8, 4) is 10.6 Å². The highest BCUT2D eigenvalue weighted by atomic mass is 79.9. The molecule has 0 aliphatic heterocycles. The van der Waals surface area contributed by atoms with E-state index in [4.69, 9.17) is 0 Å². The first-order chi connectivity index (χ1) is 9.35. The van der Waals surface area contributed by atoms with Crippen molar-refractivity contribution in [2.75, 3.05) is 0 Å². The first kappa shape index (κ1) is 13.9. The number of carbonyl (C=O) groups excluding carboxylic acids is 1. The minimum atomic E-state index is -0.317. The fourth-order valence-corrected chi connectivity index (χ4v) is 3.74. The number of thiazole rings is 1. The molecule has 0 unspecified atom stereocenters. The third-order valence-electron chi connectivity index (χ3n) is 3.40. The molecular weight excluding hydrogens is 341 g/mol. The summed E-state index contributed by atoms with van der Waals surface area (Å²) in [6.45, 7) is 4.15. The van der Waals surface area contributed by atoms with E-state index in [0.29, 0.717) is 15.9 Å². The Kier molecular flexibility index (Phi) is 3.29. The second-order valence-electron chi connectivity index (χ2n) is 5.86. The summed E-state index contributed by atoms with van der Waals surface area (Å²) in [5, 5.41) is 0.715. The van der Waals surface area contributed by atoms with Crippen LogP contribution in [0.3, 0.4) is 0 Å². The van der Waals surface area contributed by atoms with Crippen LogP contribution in [0.5, 0.6) is 0 Å². The molecule has 2 nitrogen and oxygen atoms in total. The lowest BCUT2D eigenvalue weighted by Crippen LogP contribution is -2.25. The maximum Gasteiger partial charge on any atom is 0.175 e. The number of fused-ring (bicyclic) bond motifs is 1. The van der Waals surface area contributed by atoms with E-state index in [0.717, 1.165) is 22.6 Å². The van der Waals surface area contributed by atoms with Crippen LogP contribution in [0, 0.1) is 11.2 Å². The topological polar surface area (TPSA) is 30.0 Å². The van der Waals surface area contributed by atoms with Crippen molar-refractivity contribution in [1.82, 2.24) is 4.98 Å². The molecule has 0 fully saturated rings. The highest BCUT2D eigenvalue weighted by Gasteiger charge is 2.33. The van der Waals surface area contributed by atoms with Gasteiger partial charge in [0.1, 0.15) is 10.8 Å². The number of hydrogen-bond acceptors (Lipinski definition) is 3. The molecule has 1 aliphatic rings. The van der Waals surface area contributed by atoms with E-state index in [1.807, 2.05) is 6.07 Å². The van der Waals surface area contributed by atoms with Crippen molar-refractivity contribution < 1.29 is 9.18 Å². The van der Waals surface area contributed by atoms with Gasteiger partial charge in [0, 0.05) is 12.0 Å². The zero-order valence-corrected chi connectivity index (χ0v) is 13.6. The Morgan fingerprint density at radius 3 is 2.80 bits per heavy atom. The van der Waals surface area contributed by atoms with Gasteiger partial charge in [0.25, 0.3) is 0 Å². The lowest BCUT2D eigenvalue weighted by molar-refractivity contribution is 0.0916. The van der Waals surface area contributed by atoms with Gasteiger partial charge in [0.15, 0.2) is 5.78 Å². The molecule has 3 rings (SSSR count). The minimum absolute atomic E-state index is 0.0413. The summed E-state index contributed by atoms with van der Waals surface area (Å²) in [5.74, 6) is -0.167. The summed E-state index contributed by atoms with van der Waals surface area (Å²) in [6, 6.07) is 4.92. The number of halogens is 2. The van der Waals surface area contributed by atoms with Gasteiger partial charge in [0.05, 0.1) is 15.0 Å². The molecule has 0 saturated carbocycles. The molecule has 1 aliphatic carbocycles. The smallest absolute Gasteiger partial charge is 0.175 e. The number of benzene rings is 1. The van der Waals surface area contributed by atoms with Crippen LogP contribution in [0.15, 0.2) is 22.7 Å². The zero-order chi connectivity index (χ0) is 14.5. The molecule has 5 heteroatoms. The van der Waals surface area contributed by atoms with E-state index in [-0.39, 0.29) is 17.0 Å². The van der Waals surface area contributed by atoms with Gasteiger partial charge >= 0.3 is 0 Å². The van der Waals surface area contributed by atoms with Crippen LogP contribution in [0.25, 0.3) is 10.6 Å². The number of carbonyl (C=O) groups is 1. The SMILES string of the molecule is CC1(C)CC(=O)c2sc(-c3ccc(Br)c(F)c3)nc2C1. The molecule has 0 amide bonds. The fraction of sp³-hybridized carbons (Fsp3) is 0.333. The largest absolute Gasteiger partial charge is 0.293 e. The molecule has 104 valence electrons. The molecule has 0 atom stereocenters. The van der Waals surface area contributed by atoms with Crippen molar-refractivity contribution in [1.29, 1.82) is 0 Å². The molecule has 2 aromatic rings. The maximum atomic E-state index is 13.6. The molecule has 0 bridgehead atoms. The molecule has 0 N–H and O–H groups in total. The Balaban J connectivity index is 2.05. The average Bonchev–Trinajstić information content (AvgIpc) is 2.75. The lowest BCUT2D eigenvalue weighted by atomic mass is 9.78. The fourth-order valence-electron chi connectivity index (χ4n) is 2.47. The Morgan fingerprint density at radius 1 is 1.35 bits per heavy atom. The number of hydrogen-bond donors (Lipinski definition) is 0. The van der Waals surface area contributed by atoms with Crippen molar-refractivity contribution in [2.45, 2.75) is 26.7 Å². The first-order valence-corrected chi connectivity index (χ1v) is 7.95. The van der Waals surface area contributed by atoms with Crippen LogP contribution in [0.1, 0.15) is 35.6 Å². The van der Waals surface area contributed by atoms with Gasteiger partial charge in [-0.2, -0.15) is 0 Å². The molecule has 1 aromatic heterocycles. The zero-order valence-electron chi connectivity index (χ0n) is 11.2. The van der Waals surface area contributed by atoms with Gasteiger partial charge in [0.2, 0.25) is 0 Å². The summed E-state index contributed by atoms with van der Waals surface area (Å²) in [6.07, 6.45) is 1.35. The van der Waals surface area contributed by atoms with Crippen LogP contribution in [-0.2, 0) is 6.42 Å². The van der Waals surface area contributed by atoms with Gasteiger partial charge in [-0.25, -0.2) is 9.37 Å². The van der Waals surface area contributed by atoms with E-state index in [1.54, 1.807) is 6.07 Å². The minimum Gasteiger partial charge on any atom is -0.293 e. The monoisotopic (exact) mass is 353 g/mol. The van der Waals surface area contributed by atoms with Crippen LogP contribution >= 0.6 is 27.3 Å². The third kappa shape index (κ3) is 2.44. The van der Waals surface area contributed by atoms with Gasteiger partial charge < -0.3 is 0 Å². The second kappa shape index (κ2) is 4.74. The van der Waals surface area contributed by atoms with Crippen LogP contribution in [0.4, 0.5) is 4.39 Å². The van der Waals surface area contributed by atoms with Crippen LogP contribution < -0.4 is 0 Å². The Bertz CT molecular complexity index is 708. The van der Waals surface area contributed by atoms with Gasteiger partial charge in [-0.05, 0) is 39.9 Å². The highest BCUT2D eigenvalue weighted by Crippen LogP contribution is 2.39. The molecule has 0 radical (unpaired) electrons. The number of aromatic nitrogens is 1.